The summed E-state index contributed by atoms with van der Waals surface area (Å²) in [5.74, 6) is 1.75. The van der Waals surface area contributed by atoms with Gasteiger partial charge in [-0.15, -0.1) is 0 Å². The lowest BCUT2D eigenvalue weighted by Crippen LogP contribution is -2.01. The highest BCUT2D eigenvalue weighted by atomic mass is 16.3. The number of hydrogen-bond acceptors (Lipinski definition) is 5. The summed E-state index contributed by atoms with van der Waals surface area (Å²) in [5.41, 5.74) is 5.22. The van der Waals surface area contributed by atoms with E-state index in [-0.39, 0.29) is 0 Å². The molecular weight excluding hydrogens is 576 g/mol. The second-order valence-corrected chi connectivity index (χ2v) is 11.9. The number of para-hydroxylation sites is 1. The molecule has 3 heterocycles. The Kier molecular flexibility index (Phi) is 5.51. The first-order valence-corrected chi connectivity index (χ1v) is 15.6. The quantitative estimate of drug-likeness (QED) is 0.189. The van der Waals surface area contributed by atoms with Crippen molar-refractivity contribution in [2.75, 3.05) is 0 Å². The Bertz CT molecular complexity index is 2850. The molecule has 0 atom stereocenters. The van der Waals surface area contributed by atoms with Gasteiger partial charge in [0.1, 0.15) is 11.2 Å². The predicted molar refractivity (Wildman–Crippen MR) is 191 cm³/mol. The van der Waals surface area contributed by atoms with Crippen molar-refractivity contribution in [3.8, 4) is 34.2 Å². The van der Waals surface area contributed by atoms with Gasteiger partial charge in [0.15, 0.2) is 17.5 Å². The van der Waals surface area contributed by atoms with Crippen molar-refractivity contribution in [1.29, 1.82) is 0 Å². The van der Waals surface area contributed by atoms with Gasteiger partial charge >= 0.3 is 0 Å². The van der Waals surface area contributed by atoms with Gasteiger partial charge in [-0.3, -0.25) is 4.98 Å². The van der Waals surface area contributed by atoms with Gasteiger partial charge in [0, 0.05) is 44.4 Å². The van der Waals surface area contributed by atoms with E-state index in [1.807, 2.05) is 66.9 Å². The molecule has 218 valence electrons. The molecule has 0 fully saturated rings. The minimum atomic E-state index is 0.564. The lowest BCUT2D eigenvalue weighted by Gasteiger charge is -2.12. The fourth-order valence-corrected chi connectivity index (χ4v) is 6.91. The molecule has 3 aromatic heterocycles. The van der Waals surface area contributed by atoms with Crippen molar-refractivity contribution in [2.45, 2.75) is 0 Å². The summed E-state index contributed by atoms with van der Waals surface area (Å²) in [6.45, 7) is 0. The van der Waals surface area contributed by atoms with Gasteiger partial charge in [0.25, 0.3) is 0 Å². The fourth-order valence-electron chi connectivity index (χ4n) is 6.91. The first-order chi connectivity index (χ1) is 23.3. The van der Waals surface area contributed by atoms with E-state index >= 15 is 0 Å². The molecule has 0 spiro atoms. The highest BCUT2D eigenvalue weighted by Crippen LogP contribution is 2.41. The number of aromatic nitrogens is 4. The average Bonchev–Trinajstić information content (AvgIpc) is 3.54. The average molecular weight is 601 g/mol. The number of rotatable bonds is 3. The number of pyridine rings is 1. The largest absolute Gasteiger partial charge is 0.455 e. The zero-order chi connectivity index (χ0) is 30.9. The van der Waals surface area contributed by atoms with Gasteiger partial charge < -0.3 is 4.42 Å². The number of furan rings is 1. The zero-order valence-corrected chi connectivity index (χ0v) is 25.1. The maximum absolute atomic E-state index is 6.50. The molecule has 5 heteroatoms. The van der Waals surface area contributed by atoms with Crippen LogP contribution in [0.4, 0.5) is 0 Å². The molecule has 0 saturated carbocycles. The number of benzene rings is 7. The molecule has 0 amide bonds. The lowest BCUT2D eigenvalue weighted by atomic mass is 9.97. The summed E-state index contributed by atoms with van der Waals surface area (Å²) in [7, 11) is 0. The monoisotopic (exact) mass is 600 g/mol. The Balaban J connectivity index is 1.28. The minimum Gasteiger partial charge on any atom is -0.455 e. The molecule has 0 bridgehead atoms. The lowest BCUT2D eigenvalue weighted by molar-refractivity contribution is 0.672. The van der Waals surface area contributed by atoms with Crippen LogP contribution in [0, 0.1) is 0 Å². The van der Waals surface area contributed by atoms with Crippen LogP contribution in [0.15, 0.2) is 150 Å². The molecular formula is C42H24N4O. The standard InChI is InChI=1S/C42H24N4O/c1-2-11-27(12-3-1)40-44-41(29-23-33-35(43-24-29)21-20-26-19-18-25-10-4-6-14-30(25)37(26)33)46-42(45-40)34-22-28-13-5-7-15-31(28)39-38(34)32-16-8-9-17-36(32)47-39/h1-24H. The summed E-state index contributed by atoms with van der Waals surface area (Å²) >= 11 is 0. The van der Waals surface area contributed by atoms with Gasteiger partial charge in [-0.1, -0.05) is 115 Å². The number of nitrogens with zero attached hydrogens (tertiary/aromatic N) is 4. The molecule has 0 N–H and O–H groups in total. The fraction of sp³-hybridized carbons (Fsp3) is 0. The molecule has 0 radical (unpaired) electrons. The van der Waals surface area contributed by atoms with Gasteiger partial charge in [0.05, 0.1) is 5.52 Å². The van der Waals surface area contributed by atoms with Crippen LogP contribution in [0.2, 0.25) is 0 Å². The van der Waals surface area contributed by atoms with Crippen molar-refractivity contribution in [2.24, 2.45) is 0 Å². The molecule has 5 nitrogen and oxygen atoms in total. The molecule has 10 aromatic rings. The van der Waals surface area contributed by atoms with Gasteiger partial charge in [-0.05, 0) is 51.2 Å². The predicted octanol–water partition coefficient (Wildman–Crippen LogP) is 10.8. The SMILES string of the molecule is c1ccc(-c2nc(-c3cnc4ccc5ccc6ccccc6c5c4c3)nc(-c3cc4ccccc4c4oc5ccccc5c34)n2)cc1. The summed E-state index contributed by atoms with van der Waals surface area (Å²) in [6, 6.07) is 48.0. The molecule has 10 rings (SSSR count). The molecule has 0 aliphatic rings. The third kappa shape index (κ3) is 4.03. The maximum atomic E-state index is 6.50. The second-order valence-electron chi connectivity index (χ2n) is 11.9. The molecule has 0 unspecified atom stereocenters. The van der Waals surface area contributed by atoms with Crippen LogP contribution in [0.5, 0.6) is 0 Å². The van der Waals surface area contributed by atoms with E-state index in [9.17, 15) is 0 Å². The van der Waals surface area contributed by atoms with Crippen molar-refractivity contribution >= 4 is 65.2 Å². The zero-order valence-electron chi connectivity index (χ0n) is 25.1. The van der Waals surface area contributed by atoms with E-state index in [4.69, 9.17) is 24.4 Å². The Morgan fingerprint density at radius 3 is 1.96 bits per heavy atom. The van der Waals surface area contributed by atoms with Gasteiger partial charge in [0.2, 0.25) is 0 Å². The first kappa shape index (κ1) is 25.8. The molecule has 0 saturated heterocycles. The van der Waals surface area contributed by atoms with E-state index in [1.165, 1.54) is 21.5 Å². The Hall–Kier alpha value is -6.46. The minimum absolute atomic E-state index is 0.564. The molecule has 47 heavy (non-hydrogen) atoms. The topological polar surface area (TPSA) is 64.7 Å². The highest BCUT2D eigenvalue weighted by Gasteiger charge is 2.20. The molecule has 0 aliphatic carbocycles. The van der Waals surface area contributed by atoms with Crippen LogP contribution in [-0.2, 0) is 0 Å². The van der Waals surface area contributed by atoms with Gasteiger partial charge in [-0.25, -0.2) is 15.0 Å². The molecule has 0 aliphatic heterocycles. The smallest absolute Gasteiger partial charge is 0.165 e. The Morgan fingerprint density at radius 2 is 1.09 bits per heavy atom. The summed E-state index contributed by atoms with van der Waals surface area (Å²) < 4.78 is 6.50. The van der Waals surface area contributed by atoms with Crippen LogP contribution in [0.25, 0.3) is 99.3 Å². The van der Waals surface area contributed by atoms with E-state index in [0.29, 0.717) is 17.5 Å². The first-order valence-electron chi connectivity index (χ1n) is 15.6. The third-order valence-electron chi connectivity index (χ3n) is 9.11. The van der Waals surface area contributed by atoms with Crippen LogP contribution in [-0.4, -0.2) is 19.9 Å². The van der Waals surface area contributed by atoms with Crippen LogP contribution in [0.3, 0.4) is 0 Å². The van der Waals surface area contributed by atoms with E-state index in [1.54, 1.807) is 0 Å². The van der Waals surface area contributed by atoms with E-state index in [2.05, 4.69) is 78.9 Å². The van der Waals surface area contributed by atoms with Gasteiger partial charge in [-0.2, -0.15) is 0 Å². The highest BCUT2D eigenvalue weighted by molar-refractivity contribution is 6.21. The van der Waals surface area contributed by atoms with Crippen LogP contribution < -0.4 is 0 Å². The Morgan fingerprint density at radius 1 is 0.426 bits per heavy atom. The maximum Gasteiger partial charge on any atom is 0.165 e. The summed E-state index contributed by atoms with van der Waals surface area (Å²) in [5, 5.41) is 9.92. The van der Waals surface area contributed by atoms with Crippen molar-refractivity contribution in [1.82, 2.24) is 19.9 Å². The normalized spacial score (nSPS) is 11.8. The van der Waals surface area contributed by atoms with Crippen molar-refractivity contribution in [3.05, 3.63) is 146 Å². The number of fused-ring (bicyclic) bond motifs is 10. The summed E-state index contributed by atoms with van der Waals surface area (Å²) in [4.78, 5) is 20.3. The van der Waals surface area contributed by atoms with Crippen molar-refractivity contribution < 1.29 is 4.42 Å². The van der Waals surface area contributed by atoms with Crippen molar-refractivity contribution in [3.63, 3.8) is 0 Å². The Labute approximate surface area is 268 Å². The summed E-state index contributed by atoms with van der Waals surface area (Å²) in [6.07, 6.45) is 1.87. The van der Waals surface area contributed by atoms with Crippen LogP contribution >= 0.6 is 0 Å². The van der Waals surface area contributed by atoms with Crippen LogP contribution in [0.1, 0.15) is 0 Å². The van der Waals surface area contributed by atoms with E-state index in [0.717, 1.165) is 60.3 Å². The third-order valence-corrected chi connectivity index (χ3v) is 9.11. The second kappa shape index (κ2) is 10.0. The number of hydrogen-bond donors (Lipinski definition) is 0. The molecule has 7 aromatic carbocycles. The van der Waals surface area contributed by atoms with E-state index < -0.39 is 0 Å².